The van der Waals surface area contributed by atoms with Crippen LogP contribution in [0.25, 0.3) is 0 Å². The molecule has 1 unspecified atom stereocenters. The monoisotopic (exact) mass is 431 g/mol. The van der Waals surface area contributed by atoms with Crippen molar-refractivity contribution < 1.29 is 4.74 Å². The molecule has 2 N–H and O–H groups in total. The van der Waals surface area contributed by atoms with Crippen LogP contribution >= 0.6 is 24.0 Å². The third-order valence-corrected chi connectivity index (χ3v) is 3.99. The van der Waals surface area contributed by atoms with Gasteiger partial charge < -0.3 is 15.4 Å². The zero-order valence-electron chi connectivity index (χ0n) is 14.5. The Bertz CT molecular complexity index is 479. The molecule has 1 aromatic rings. The van der Waals surface area contributed by atoms with E-state index in [4.69, 9.17) is 4.74 Å². The van der Waals surface area contributed by atoms with Crippen molar-refractivity contribution in [2.24, 2.45) is 4.99 Å². The van der Waals surface area contributed by atoms with E-state index in [1.807, 2.05) is 7.05 Å². The number of rotatable bonds is 6. The van der Waals surface area contributed by atoms with Gasteiger partial charge in [0.1, 0.15) is 0 Å². The minimum atomic E-state index is 0. The summed E-state index contributed by atoms with van der Waals surface area (Å²) in [6.45, 7) is 7.02. The maximum Gasteiger partial charge on any atom is 0.190 e. The van der Waals surface area contributed by atoms with E-state index in [9.17, 15) is 0 Å². The van der Waals surface area contributed by atoms with Gasteiger partial charge in [-0.1, -0.05) is 29.3 Å². The second-order valence-corrected chi connectivity index (χ2v) is 6.10. The van der Waals surface area contributed by atoms with Crippen molar-refractivity contribution >= 4 is 29.9 Å². The van der Waals surface area contributed by atoms with E-state index >= 15 is 0 Å². The van der Waals surface area contributed by atoms with Crippen LogP contribution < -0.4 is 10.6 Å². The van der Waals surface area contributed by atoms with Crippen molar-refractivity contribution in [2.75, 3.05) is 26.7 Å². The Kier molecular flexibility index (Phi) is 9.55. The van der Waals surface area contributed by atoms with Gasteiger partial charge in [-0.25, -0.2) is 0 Å². The molecule has 5 heteroatoms. The Labute approximate surface area is 157 Å². The first-order chi connectivity index (χ1) is 10.7. The summed E-state index contributed by atoms with van der Waals surface area (Å²) in [7, 11) is 1.82. The lowest BCUT2D eigenvalue weighted by atomic mass is 10.1. The third kappa shape index (κ3) is 7.52. The van der Waals surface area contributed by atoms with E-state index in [1.165, 1.54) is 29.5 Å². The molecule has 0 radical (unpaired) electrons. The fourth-order valence-corrected chi connectivity index (χ4v) is 2.98. The van der Waals surface area contributed by atoms with Crippen molar-refractivity contribution in [3.63, 3.8) is 0 Å². The minimum Gasteiger partial charge on any atom is -0.378 e. The van der Waals surface area contributed by atoms with Gasteiger partial charge in [-0.3, -0.25) is 4.99 Å². The van der Waals surface area contributed by atoms with Gasteiger partial charge in [-0.15, -0.1) is 24.0 Å². The van der Waals surface area contributed by atoms with Crippen molar-refractivity contribution in [1.29, 1.82) is 0 Å². The molecule has 0 spiro atoms. The fourth-order valence-electron chi connectivity index (χ4n) is 2.98. The van der Waals surface area contributed by atoms with Gasteiger partial charge in [0.15, 0.2) is 5.96 Å². The summed E-state index contributed by atoms with van der Waals surface area (Å²) in [5, 5.41) is 6.74. The van der Waals surface area contributed by atoms with Gasteiger partial charge >= 0.3 is 0 Å². The SMILES string of the molecule is CN=C(NCCc1cc(C)cc(C)c1)NCCC1CCCO1.I. The summed E-state index contributed by atoms with van der Waals surface area (Å²) in [6.07, 6.45) is 4.89. The molecule has 0 bridgehead atoms. The average molecular weight is 431 g/mol. The van der Waals surface area contributed by atoms with Crippen molar-refractivity contribution in [2.45, 2.75) is 45.6 Å². The Balaban J connectivity index is 0.00000264. The quantitative estimate of drug-likeness (QED) is 0.413. The molecule has 130 valence electrons. The lowest BCUT2D eigenvalue weighted by Gasteiger charge is -2.14. The molecule has 0 aliphatic carbocycles. The molecule has 1 aliphatic rings. The molecule has 23 heavy (non-hydrogen) atoms. The van der Waals surface area contributed by atoms with Crippen LogP contribution in [-0.4, -0.2) is 38.8 Å². The number of hydrogen-bond acceptors (Lipinski definition) is 2. The number of nitrogens with one attached hydrogen (secondary N) is 2. The molecule has 2 rings (SSSR count). The number of ether oxygens (including phenoxy) is 1. The van der Waals surface area contributed by atoms with Gasteiger partial charge in [0, 0.05) is 26.7 Å². The lowest BCUT2D eigenvalue weighted by Crippen LogP contribution is -2.39. The second kappa shape index (κ2) is 10.9. The maximum atomic E-state index is 5.63. The van der Waals surface area contributed by atoms with Crippen LogP contribution in [0.5, 0.6) is 0 Å². The van der Waals surface area contributed by atoms with E-state index in [0.29, 0.717) is 6.10 Å². The number of benzene rings is 1. The van der Waals surface area contributed by atoms with Crippen molar-refractivity contribution in [1.82, 2.24) is 10.6 Å². The number of hydrogen-bond donors (Lipinski definition) is 2. The van der Waals surface area contributed by atoms with Crippen LogP contribution in [0, 0.1) is 13.8 Å². The number of nitrogens with zero attached hydrogens (tertiary/aromatic N) is 1. The topological polar surface area (TPSA) is 45.7 Å². The summed E-state index contributed by atoms with van der Waals surface area (Å²) >= 11 is 0. The highest BCUT2D eigenvalue weighted by Gasteiger charge is 2.14. The molecule has 4 nitrogen and oxygen atoms in total. The first-order valence-electron chi connectivity index (χ1n) is 8.30. The minimum absolute atomic E-state index is 0. The molecule has 1 aliphatic heterocycles. The highest BCUT2D eigenvalue weighted by molar-refractivity contribution is 14.0. The van der Waals surface area contributed by atoms with Crippen LogP contribution in [0.2, 0.25) is 0 Å². The molecular formula is C18H30IN3O. The number of aryl methyl sites for hydroxylation is 2. The molecule has 1 heterocycles. The molecule has 0 aromatic heterocycles. The molecule has 1 fully saturated rings. The number of halogens is 1. The normalized spacial score (nSPS) is 17.7. The van der Waals surface area contributed by atoms with Crippen LogP contribution in [0.1, 0.15) is 36.0 Å². The largest absolute Gasteiger partial charge is 0.378 e. The van der Waals surface area contributed by atoms with Crippen LogP contribution in [0.15, 0.2) is 23.2 Å². The lowest BCUT2D eigenvalue weighted by molar-refractivity contribution is 0.105. The van der Waals surface area contributed by atoms with Crippen LogP contribution in [0.4, 0.5) is 0 Å². The zero-order chi connectivity index (χ0) is 15.8. The van der Waals surface area contributed by atoms with Gasteiger partial charge in [0.2, 0.25) is 0 Å². The zero-order valence-corrected chi connectivity index (χ0v) is 16.9. The summed E-state index contributed by atoms with van der Waals surface area (Å²) in [5.74, 6) is 0.877. The van der Waals surface area contributed by atoms with E-state index < -0.39 is 0 Å². The van der Waals surface area contributed by atoms with Gasteiger partial charge in [0.05, 0.1) is 6.10 Å². The highest BCUT2D eigenvalue weighted by Crippen LogP contribution is 2.14. The Morgan fingerprint density at radius 1 is 1.17 bits per heavy atom. The molecule has 0 saturated carbocycles. The predicted octanol–water partition coefficient (Wildman–Crippen LogP) is 3.20. The standard InChI is InChI=1S/C18H29N3O.HI/c1-14-11-15(2)13-16(12-14)6-8-20-18(19-3)21-9-7-17-5-4-10-22-17;/h11-13,17H,4-10H2,1-3H3,(H2,19,20,21);1H. The molecule has 1 atom stereocenters. The summed E-state index contributed by atoms with van der Waals surface area (Å²) in [5.41, 5.74) is 4.03. The molecule has 1 aromatic carbocycles. The maximum absolute atomic E-state index is 5.63. The second-order valence-electron chi connectivity index (χ2n) is 6.10. The number of aliphatic imine (C=N–C) groups is 1. The average Bonchev–Trinajstić information content (AvgIpc) is 2.98. The summed E-state index contributed by atoms with van der Waals surface area (Å²) in [4.78, 5) is 4.27. The Morgan fingerprint density at radius 3 is 2.48 bits per heavy atom. The van der Waals surface area contributed by atoms with Gasteiger partial charge in [-0.05, 0) is 45.1 Å². The van der Waals surface area contributed by atoms with Crippen molar-refractivity contribution in [3.05, 3.63) is 34.9 Å². The summed E-state index contributed by atoms with van der Waals surface area (Å²) in [6, 6.07) is 6.72. The van der Waals surface area contributed by atoms with Gasteiger partial charge in [-0.2, -0.15) is 0 Å². The predicted molar refractivity (Wildman–Crippen MR) is 108 cm³/mol. The van der Waals surface area contributed by atoms with E-state index in [2.05, 4.69) is 47.7 Å². The highest BCUT2D eigenvalue weighted by atomic mass is 127. The van der Waals surface area contributed by atoms with Crippen LogP contribution in [0.3, 0.4) is 0 Å². The van der Waals surface area contributed by atoms with E-state index in [0.717, 1.165) is 38.5 Å². The smallest absolute Gasteiger partial charge is 0.190 e. The Hall–Kier alpha value is -0.820. The third-order valence-electron chi connectivity index (χ3n) is 3.99. The van der Waals surface area contributed by atoms with Gasteiger partial charge in [0.25, 0.3) is 0 Å². The van der Waals surface area contributed by atoms with E-state index in [-0.39, 0.29) is 24.0 Å². The van der Waals surface area contributed by atoms with Crippen LogP contribution in [-0.2, 0) is 11.2 Å². The fraction of sp³-hybridized carbons (Fsp3) is 0.611. The number of guanidine groups is 1. The van der Waals surface area contributed by atoms with Crippen molar-refractivity contribution in [3.8, 4) is 0 Å². The molecular weight excluding hydrogens is 401 g/mol. The first-order valence-corrected chi connectivity index (χ1v) is 8.30. The first kappa shape index (κ1) is 20.2. The van der Waals surface area contributed by atoms with E-state index in [1.54, 1.807) is 0 Å². The molecule has 0 amide bonds. The Morgan fingerprint density at radius 2 is 1.87 bits per heavy atom. The summed E-state index contributed by atoms with van der Waals surface area (Å²) < 4.78 is 5.63. The molecule has 1 saturated heterocycles.